The summed E-state index contributed by atoms with van der Waals surface area (Å²) in [5.74, 6) is 0. The highest BCUT2D eigenvalue weighted by Crippen LogP contribution is 2.15. The van der Waals surface area contributed by atoms with Crippen molar-refractivity contribution in [1.82, 2.24) is 0 Å². The third-order valence-corrected chi connectivity index (χ3v) is 3.22. The van der Waals surface area contributed by atoms with Gasteiger partial charge in [0.2, 0.25) is 0 Å². The van der Waals surface area contributed by atoms with Crippen LogP contribution in [0.3, 0.4) is 0 Å². The van der Waals surface area contributed by atoms with E-state index in [-0.39, 0.29) is 12.4 Å². The number of nitrogens with zero attached hydrogens (tertiary/aromatic N) is 1. The van der Waals surface area contributed by atoms with E-state index in [1.54, 1.807) is 0 Å². The molecule has 0 saturated heterocycles. The van der Waals surface area contributed by atoms with Crippen LogP contribution in [0.25, 0.3) is 0 Å². The van der Waals surface area contributed by atoms with Gasteiger partial charge in [0.15, 0.2) is 0 Å². The lowest BCUT2D eigenvalue weighted by atomic mass is 10.2. The SMILES string of the molecule is C[NH+](C)CCN(Cc1ccccc1)c1ccccc1.[Cl-]. The maximum absolute atomic E-state index is 2.45. The fraction of sp³-hybridized carbons (Fsp3) is 0.294. The molecule has 0 atom stereocenters. The Balaban J connectivity index is 0.00000200. The van der Waals surface area contributed by atoms with E-state index in [1.807, 2.05) is 0 Å². The van der Waals surface area contributed by atoms with E-state index in [1.165, 1.54) is 16.2 Å². The van der Waals surface area contributed by atoms with Gasteiger partial charge in [0.1, 0.15) is 0 Å². The standard InChI is InChI=1S/C17H22N2.ClH/c1-18(2)13-14-19(17-11-7-4-8-12-17)15-16-9-5-3-6-10-16;/h3-12H,13-15H2,1-2H3;1H. The van der Waals surface area contributed by atoms with Gasteiger partial charge >= 0.3 is 0 Å². The molecule has 0 unspecified atom stereocenters. The molecule has 108 valence electrons. The number of rotatable bonds is 6. The molecule has 20 heavy (non-hydrogen) atoms. The van der Waals surface area contributed by atoms with Crippen LogP contribution in [0.2, 0.25) is 0 Å². The predicted octanol–water partition coefficient (Wildman–Crippen LogP) is -1.16. The quantitative estimate of drug-likeness (QED) is 0.705. The van der Waals surface area contributed by atoms with Crippen molar-refractivity contribution in [3.63, 3.8) is 0 Å². The van der Waals surface area contributed by atoms with Gasteiger partial charge in [-0.05, 0) is 17.7 Å². The van der Waals surface area contributed by atoms with Crippen molar-refractivity contribution < 1.29 is 17.3 Å². The van der Waals surface area contributed by atoms with Gasteiger partial charge in [-0.2, -0.15) is 0 Å². The topological polar surface area (TPSA) is 7.68 Å². The molecule has 1 N–H and O–H groups in total. The summed E-state index contributed by atoms with van der Waals surface area (Å²) in [7, 11) is 4.40. The zero-order valence-electron chi connectivity index (χ0n) is 12.2. The van der Waals surface area contributed by atoms with E-state index in [0.29, 0.717) is 0 Å². The Morgan fingerprint density at radius 1 is 0.850 bits per heavy atom. The van der Waals surface area contributed by atoms with Crippen molar-refractivity contribution in [3.05, 3.63) is 66.2 Å². The molecule has 0 heterocycles. The highest BCUT2D eigenvalue weighted by Gasteiger charge is 2.08. The van der Waals surface area contributed by atoms with E-state index in [4.69, 9.17) is 0 Å². The average molecular weight is 291 g/mol. The molecule has 0 aliphatic heterocycles. The van der Waals surface area contributed by atoms with E-state index in [2.05, 4.69) is 79.7 Å². The van der Waals surface area contributed by atoms with E-state index >= 15 is 0 Å². The van der Waals surface area contributed by atoms with E-state index in [0.717, 1.165) is 19.6 Å². The Hall–Kier alpha value is -1.51. The number of anilines is 1. The Bertz CT molecular complexity index is 471. The molecule has 0 amide bonds. The minimum absolute atomic E-state index is 0. The van der Waals surface area contributed by atoms with Gasteiger partial charge in [-0.15, -0.1) is 0 Å². The van der Waals surface area contributed by atoms with Crippen molar-refractivity contribution in [2.24, 2.45) is 0 Å². The molecule has 3 heteroatoms. The number of likely N-dealkylation sites (N-methyl/N-ethyl adjacent to an activating group) is 1. The third-order valence-electron chi connectivity index (χ3n) is 3.22. The molecule has 0 aliphatic carbocycles. The molecule has 0 fully saturated rings. The molecule has 2 aromatic carbocycles. The molecule has 0 aliphatic rings. The summed E-state index contributed by atoms with van der Waals surface area (Å²) in [5.41, 5.74) is 2.66. The minimum atomic E-state index is 0. The summed E-state index contributed by atoms with van der Waals surface area (Å²) in [4.78, 5) is 3.93. The van der Waals surface area contributed by atoms with Crippen LogP contribution >= 0.6 is 0 Å². The summed E-state index contributed by atoms with van der Waals surface area (Å²) in [6, 6.07) is 21.3. The second-order valence-corrected chi connectivity index (χ2v) is 5.20. The fourth-order valence-electron chi connectivity index (χ4n) is 2.10. The van der Waals surface area contributed by atoms with Crippen LogP contribution in [0.4, 0.5) is 5.69 Å². The van der Waals surface area contributed by atoms with Gasteiger partial charge < -0.3 is 22.2 Å². The third kappa shape index (κ3) is 5.24. The lowest BCUT2D eigenvalue weighted by Gasteiger charge is -2.25. The van der Waals surface area contributed by atoms with Crippen molar-refractivity contribution in [2.45, 2.75) is 6.54 Å². The van der Waals surface area contributed by atoms with Crippen LogP contribution < -0.4 is 22.2 Å². The molecular formula is C17H23ClN2. The first-order chi connectivity index (χ1) is 9.25. The molecular weight excluding hydrogens is 268 g/mol. The van der Waals surface area contributed by atoms with Crippen molar-refractivity contribution in [1.29, 1.82) is 0 Å². The minimum Gasteiger partial charge on any atom is -1.00 e. The lowest BCUT2D eigenvalue weighted by molar-refractivity contribution is -0.856. The molecule has 2 aromatic rings. The maximum atomic E-state index is 2.45. The molecule has 0 aromatic heterocycles. The summed E-state index contributed by atoms with van der Waals surface area (Å²) >= 11 is 0. The van der Waals surface area contributed by atoms with Crippen LogP contribution in [-0.4, -0.2) is 27.2 Å². The molecule has 2 nitrogen and oxygen atoms in total. The summed E-state index contributed by atoms with van der Waals surface area (Å²) in [6.07, 6.45) is 0. The second-order valence-electron chi connectivity index (χ2n) is 5.20. The predicted molar refractivity (Wildman–Crippen MR) is 81.6 cm³/mol. The Kier molecular flexibility index (Phi) is 7.13. The highest BCUT2D eigenvalue weighted by atomic mass is 35.5. The summed E-state index contributed by atoms with van der Waals surface area (Å²) in [5, 5.41) is 0. The van der Waals surface area contributed by atoms with Gasteiger partial charge in [-0.25, -0.2) is 0 Å². The lowest BCUT2D eigenvalue weighted by Crippen LogP contribution is -3.06. The Morgan fingerprint density at radius 2 is 1.40 bits per heavy atom. The second kappa shape index (κ2) is 8.62. The van der Waals surface area contributed by atoms with Gasteiger partial charge in [0.25, 0.3) is 0 Å². The number of nitrogens with one attached hydrogen (secondary N) is 1. The number of quaternary nitrogens is 1. The monoisotopic (exact) mass is 290 g/mol. The number of para-hydroxylation sites is 1. The highest BCUT2D eigenvalue weighted by molar-refractivity contribution is 5.46. The molecule has 0 saturated carbocycles. The fourth-order valence-corrected chi connectivity index (χ4v) is 2.10. The van der Waals surface area contributed by atoms with Gasteiger partial charge in [-0.1, -0.05) is 48.5 Å². The molecule has 0 radical (unpaired) electrons. The van der Waals surface area contributed by atoms with Crippen LogP contribution in [0.1, 0.15) is 5.56 Å². The first kappa shape index (κ1) is 16.5. The van der Waals surface area contributed by atoms with E-state index < -0.39 is 0 Å². The zero-order valence-corrected chi connectivity index (χ0v) is 13.0. The van der Waals surface area contributed by atoms with Gasteiger partial charge in [0, 0.05) is 12.2 Å². The van der Waals surface area contributed by atoms with Gasteiger partial charge in [-0.3, -0.25) is 0 Å². The van der Waals surface area contributed by atoms with Crippen LogP contribution in [0.15, 0.2) is 60.7 Å². The van der Waals surface area contributed by atoms with Crippen LogP contribution in [0, 0.1) is 0 Å². The van der Waals surface area contributed by atoms with Crippen LogP contribution in [0.5, 0.6) is 0 Å². The average Bonchev–Trinajstić information content (AvgIpc) is 2.45. The largest absolute Gasteiger partial charge is 1.00 e. The first-order valence-electron chi connectivity index (χ1n) is 6.88. The molecule has 2 rings (SSSR count). The Labute approximate surface area is 128 Å². The summed E-state index contributed by atoms with van der Waals surface area (Å²) in [6.45, 7) is 3.18. The number of halogens is 1. The van der Waals surface area contributed by atoms with E-state index in [9.17, 15) is 0 Å². The smallest absolute Gasteiger partial charge is 0.0945 e. The first-order valence-corrected chi connectivity index (χ1v) is 6.88. The van der Waals surface area contributed by atoms with Gasteiger partial charge in [0.05, 0.1) is 27.2 Å². The molecule has 0 spiro atoms. The summed E-state index contributed by atoms with van der Waals surface area (Å²) < 4.78 is 0. The van der Waals surface area contributed by atoms with Crippen LogP contribution in [-0.2, 0) is 6.54 Å². The molecule has 0 bridgehead atoms. The number of benzene rings is 2. The maximum Gasteiger partial charge on any atom is 0.0945 e. The zero-order chi connectivity index (χ0) is 13.5. The number of hydrogen-bond acceptors (Lipinski definition) is 1. The van der Waals surface area contributed by atoms with Crippen molar-refractivity contribution >= 4 is 5.69 Å². The van der Waals surface area contributed by atoms with Crippen molar-refractivity contribution in [2.75, 3.05) is 32.1 Å². The Morgan fingerprint density at radius 3 is 1.95 bits per heavy atom. The number of hydrogen-bond donors (Lipinski definition) is 1. The van der Waals surface area contributed by atoms with Crippen molar-refractivity contribution in [3.8, 4) is 0 Å². The normalized spacial score (nSPS) is 10.2.